The number of hydrogen-bond acceptors (Lipinski definition) is 4. The lowest BCUT2D eigenvalue weighted by Gasteiger charge is -2.22. The zero-order valence-electron chi connectivity index (χ0n) is 11.0. The smallest absolute Gasteiger partial charge is 0.322 e. The molecule has 0 saturated heterocycles. The summed E-state index contributed by atoms with van der Waals surface area (Å²) in [4.78, 5) is 17.6. The number of carboxylic acids is 1. The highest BCUT2D eigenvalue weighted by molar-refractivity contribution is 7.87. The Hall–Kier alpha value is -1.45. The summed E-state index contributed by atoms with van der Waals surface area (Å²) in [5.74, 6) is -1.26. The Morgan fingerprint density at radius 2 is 2.16 bits per heavy atom. The predicted octanol–water partition coefficient (Wildman–Crippen LogP) is -0.372. The molecular weight excluding hydrogens is 272 g/mol. The normalized spacial score (nSPS) is 14.3. The number of hydrogen-bond donors (Lipinski definition) is 4. The summed E-state index contributed by atoms with van der Waals surface area (Å²) in [6.07, 6.45) is 2.83. The second kappa shape index (κ2) is 5.68. The van der Waals surface area contributed by atoms with E-state index in [-0.39, 0.29) is 6.42 Å². The summed E-state index contributed by atoms with van der Waals surface area (Å²) in [5, 5.41) is 9.04. The van der Waals surface area contributed by atoms with Gasteiger partial charge in [0, 0.05) is 23.9 Å². The minimum atomic E-state index is -3.90. The number of H-pyrrole nitrogens is 1. The lowest BCUT2D eigenvalue weighted by Crippen LogP contribution is -2.52. The van der Waals surface area contributed by atoms with Gasteiger partial charge in [-0.15, -0.1) is 0 Å². The van der Waals surface area contributed by atoms with Crippen LogP contribution >= 0.6 is 0 Å². The Labute approximate surface area is 111 Å². The molecule has 0 unspecified atom stereocenters. The van der Waals surface area contributed by atoms with Crippen LogP contribution in [0.5, 0.6) is 0 Å². The standard InChI is InChI=1S/C10H18N4O4S/c1-10(2,3)14-19(17,18)13-8(9(15)16)4-7-5-11-6-12-7/h5-6,8,13-14H,4H2,1-3H3,(H,11,12)(H,15,16)/t8-/m1/s1. The highest BCUT2D eigenvalue weighted by atomic mass is 32.2. The van der Waals surface area contributed by atoms with E-state index in [1.54, 1.807) is 20.8 Å². The third kappa shape index (κ3) is 5.81. The number of carboxylic acid groups (broad SMARTS) is 1. The van der Waals surface area contributed by atoms with Gasteiger partial charge in [-0.3, -0.25) is 4.79 Å². The minimum absolute atomic E-state index is 0.0135. The maximum Gasteiger partial charge on any atom is 0.322 e. The Kier molecular flexibility index (Phi) is 4.66. The molecule has 9 heteroatoms. The van der Waals surface area contributed by atoms with Gasteiger partial charge in [-0.25, -0.2) is 4.98 Å². The van der Waals surface area contributed by atoms with Gasteiger partial charge in [0.2, 0.25) is 0 Å². The molecule has 19 heavy (non-hydrogen) atoms. The van der Waals surface area contributed by atoms with Gasteiger partial charge in [-0.2, -0.15) is 17.9 Å². The fraction of sp³-hybridized carbons (Fsp3) is 0.600. The van der Waals surface area contributed by atoms with Crippen molar-refractivity contribution in [1.82, 2.24) is 19.4 Å². The number of aromatic amines is 1. The third-order valence-corrected chi connectivity index (χ3v) is 3.49. The zero-order valence-corrected chi connectivity index (χ0v) is 11.8. The van der Waals surface area contributed by atoms with E-state index in [9.17, 15) is 13.2 Å². The summed E-state index contributed by atoms with van der Waals surface area (Å²) in [7, 11) is -3.90. The molecule has 0 aliphatic heterocycles. The molecule has 0 aliphatic rings. The van der Waals surface area contributed by atoms with Crippen LogP contribution in [0.3, 0.4) is 0 Å². The summed E-state index contributed by atoms with van der Waals surface area (Å²) in [6, 6.07) is -1.26. The fourth-order valence-electron chi connectivity index (χ4n) is 1.42. The highest BCUT2D eigenvalue weighted by Gasteiger charge is 2.27. The first kappa shape index (κ1) is 15.6. The van der Waals surface area contributed by atoms with Crippen molar-refractivity contribution in [3.63, 3.8) is 0 Å². The van der Waals surface area contributed by atoms with Crippen LogP contribution in [0.4, 0.5) is 0 Å². The van der Waals surface area contributed by atoms with Gasteiger partial charge < -0.3 is 10.1 Å². The van der Waals surface area contributed by atoms with E-state index < -0.39 is 27.8 Å². The van der Waals surface area contributed by atoms with Crippen LogP contribution in [0.1, 0.15) is 26.5 Å². The average molecular weight is 290 g/mol. The number of nitrogens with one attached hydrogen (secondary N) is 3. The van der Waals surface area contributed by atoms with E-state index >= 15 is 0 Å². The second-order valence-electron chi connectivity index (χ2n) is 5.15. The molecule has 108 valence electrons. The molecule has 8 nitrogen and oxygen atoms in total. The Bertz CT molecular complexity index is 518. The van der Waals surface area contributed by atoms with Crippen molar-refractivity contribution in [2.24, 2.45) is 0 Å². The van der Waals surface area contributed by atoms with E-state index in [0.29, 0.717) is 5.69 Å². The quantitative estimate of drug-likeness (QED) is 0.569. The average Bonchev–Trinajstić information content (AvgIpc) is 2.64. The summed E-state index contributed by atoms with van der Waals surface area (Å²) >= 11 is 0. The van der Waals surface area contributed by atoms with Gasteiger partial charge in [0.05, 0.1) is 6.33 Å². The molecule has 0 bridgehead atoms. The molecule has 4 N–H and O–H groups in total. The van der Waals surface area contributed by atoms with Crippen molar-refractivity contribution in [3.8, 4) is 0 Å². The molecule has 1 aromatic heterocycles. The number of aromatic nitrogens is 2. The summed E-state index contributed by atoms with van der Waals surface area (Å²) < 4.78 is 28.0. The van der Waals surface area contributed by atoms with E-state index in [1.165, 1.54) is 12.5 Å². The molecule has 0 radical (unpaired) electrons. The molecule has 1 rings (SSSR count). The molecule has 0 saturated carbocycles. The maximum atomic E-state index is 11.8. The van der Waals surface area contributed by atoms with Crippen LogP contribution < -0.4 is 9.44 Å². The SMILES string of the molecule is CC(C)(C)NS(=O)(=O)N[C@H](Cc1cnc[nH]1)C(=O)O. The monoisotopic (exact) mass is 290 g/mol. The highest BCUT2D eigenvalue weighted by Crippen LogP contribution is 2.04. The van der Waals surface area contributed by atoms with Crippen LogP contribution in [0.2, 0.25) is 0 Å². The molecule has 0 fully saturated rings. The van der Waals surface area contributed by atoms with E-state index in [1.807, 2.05) is 0 Å². The fourth-order valence-corrected chi connectivity index (χ4v) is 2.84. The van der Waals surface area contributed by atoms with Gasteiger partial charge >= 0.3 is 5.97 Å². The topological polar surface area (TPSA) is 124 Å². The van der Waals surface area contributed by atoms with Gasteiger partial charge in [-0.05, 0) is 20.8 Å². The Balaban J connectivity index is 2.76. The first-order valence-electron chi connectivity index (χ1n) is 5.60. The number of aliphatic carboxylic acids is 1. The molecular formula is C10H18N4O4S. The van der Waals surface area contributed by atoms with Crippen LogP contribution in [-0.4, -0.2) is 41.0 Å². The van der Waals surface area contributed by atoms with Crippen LogP contribution in [0.25, 0.3) is 0 Å². The number of imidazole rings is 1. The lowest BCUT2D eigenvalue weighted by molar-refractivity contribution is -0.138. The van der Waals surface area contributed by atoms with E-state index in [0.717, 1.165) is 0 Å². The van der Waals surface area contributed by atoms with Crippen molar-refractivity contribution in [1.29, 1.82) is 0 Å². The van der Waals surface area contributed by atoms with Crippen LogP contribution in [-0.2, 0) is 21.4 Å². The Morgan fingerprint density at radius 1 is 1.53 bits per heavy atom. The van der Waals surface area contributed by atoms with Crippen molar-refractivity contribution in [2.75, 3.05) is 0 Å². The summed E-state index contributed by atoms with van der Waals surface area (Å²) in [5.41, 5.74) is -0.158. The first-order chi connectivity index (χ1) is 8.59. The molecule has 0 amide bonds. The van der Waals surface area contributed by atoms with Crippen molar-refractivity contribution in [2.45, 2.75) is 38.8 Å². The van der Waals surface area contributed by atoms with Gasteiger partial charge in [0.1, 0.15) is 6.04 Å². The van der Waals surface area contributed by atoms with Crippen molar-refractivity contribution in [3.05, 3.63) is 18.2 Å². The molecule has 0 aliphatic carbocycles. The minimum Gasteiger partial charge on any atom is -0.480 e. The third-order valence-electron chi connectivity index (χ3n) is 2.01. The summed E-state index contributed by atoms with van der Waals surface area (Å²) in [6.45, 7) is 4.99. The first-order valence-corrected chi connectivity index (χ1v) is 7.09. The van der Waals surface area contributed by atoms with Gasteiger partial charge in [0.15, 0.2) is 0 Å². The molecule has 1 heterocycles. The maximum absolute atomic E-state index is 11.8. The number of nitrogens with zero attached hydrogens (tertiary/aromatic N) is 1. The predicted molar refractivity (Wildman–Crippen MR) is 68.7 cm³/mol. The zero-order chi connectivity index (χ0) is 14.7. The second-order valence-corrected chi connectivity index (χ2v) is 6.59. The Morgan fingerprint density at radius 3 is 2.58 bits per heavy atom. The molecule has 1 aromatic rings. The molecule has 0 aromatic carbocycles. The van der Waals surface area contributed by atoms with Crippen molar-refractivity contribution >= 4 is 16.2 Å². The van der Waals surface area contributed by atoms with Crippen LogP contribution in [0, 0.1) is 0 Å². The van der Waals surface area contributed by atoms with Gasteiger partial charge in [-0.1, -0.05) is 0 Å². The molecule has 1 atom stereocenters. The van der Waals surface area contributed by atoms with Crippen molar-refractivity contribution < 1.29 is 18.3 Å². The van der Waals surface area contributed by atoms with E-state index in [4.69, 9.17) is 5.11 Å². The largest absolute Gasteiger partial charge is 0.480 e. The van der Waals surface area contributed by atoms with Crippen LogP contribution in [0.15, 0.2) is 12.5 Å². The number of carbonyl (C=O) groups is 1. The molecule has 0 spiro atoms. The van der Waals surface area contributed by atoms with Gasteiger partial charge in [0.25, 0.3) is 10.2 Å². The lowest BCUT2D eigenvalue weighted by atomic mass is 10.1. The van der Waals surface area contributed by atoms with E-state index in [2.05, 4.69) is 19.4 Å². The number of rotatable bonds is 6.